The van der Waals surface area contributed by atoms with Crippen LogP contribution in [0.5, 0.6) is 0 Å². The normalized spacial score (nSPS) is 13.9. The Hall–Kier alpha value is -3.52. The first-order chi connectivity index (χ1) is 16.2. The average Bonchev–Trinajstić information content (AvgIpc) is 3.10. The largest absolute Gasteiger partial charge is 0.324 e. The molecule has 0 spiro atoms. The quantitative estimate of drug-likeness (QED) is 0.476. The number of rotatable bonds is 4. The molecule has 8 heteroatoms. The highest BCUT2D eigenvalue weighted by atomic mass is 16.1. The first kappa shape index (κ1) is 22.3. The Kier molecular flexibility index (Phi) is 5.48. The Morgan fingerprint density at radius 1 is 1.09 bits per heavy atom. The predicted octanol–water partition coefficient (Wildman–Crippen LogP) is 4.24. The molecule has 4 heterocycles. The van der Waals surface area contributed by atoms with Crippen LogP contribution in [0.25, 0.3) is 16.9 Å². The molecule has 1 aliphatic rings. The lowest BCUT2D eigenvalue weighted by Gasteiger charge is -2.20. The Balaban J connectivity index is 1.63. The van der Waals surface area contributed by atoms with E-state index in [2.05, 4.69) is 48.5 Å². The third-order valence-corrected chi connectivity index (χ3v) is 6.18. The number of hydrogen-bond donors (Lipinski definition) is 2. The molecule has 0 fully saturated rings. The van der Waals surface area contributed by atoms with Gasteiger partial charge in [0.1, 0.15) is 5.39 Å². The van der Waals surface area contributed by atoms with Crippen molar-refractivity contribution < 1.29 is 0 Å². The van der Waals surface area contributed by atoms with Crippen LogP contribution in [-0.4, -0.2) is 30.9 Å². The third-order valence-electron chi connectivity index (χ3n) is 6.18. The van der Waals surface area contributed by atoms with E-state index in [1.165, 1.54) is 11.1 Å². The van der Waals surface area contributed by atoms with Gasteiger partial charge in [0.2, 0.25) is 5.95 Å². The van der Waals surface area contributed by atoms with Gasteiger partial charge in [-0.05, 0) is 62.2 Å². The molecular formula is C26H31N7O. The molecule has 2 N–H and O–H groups in total. The molecule has 0 amide bonds. The zero-order valence-corrected chi connectivity index (χ0v) is 20.4. The van der Waals surface area contributed by atoms with E-state index in [1.54, 1.807) is 10.9 Å². The molecule has 0 unspecified atom stereocenters. The van der Waals surface area contributed by atoms with E-state index < -0.39 is 0 Å². The minimum atomic E-state index is -0.124. The van der Waals surface area contributed by atoms with Crippen molar-refractivity contribution in [3.63, 3.8) is 0 Å². The second kappa shape index (κ2) is 8.36. The zero-order chi connectivity index (χ0) is 24.0. The van der Waals surface area contributed by atoms with Crippen LogP contribution in [0, 0.1) is 0 Å². The number of fused-ring (bicyclic) bond motifs is 2. The van der Waals surface area contributed by atoms with Gasteiger partial charge in [-0.25, -0.2) is 19.3 Å². The first-order valence-electron chi connectivity index (χ1n) is 11.8. The second-order valence-electron chi connectivity index (χ2n) is 10.2. The van der Waals surface area contributed by atoms with Crippen LogP contribution in [0.3, 0.4) is 0 Å². The van der Waals surface area contributed by atoms with Gasteiger partial charge in [0, 0.05) is 35.6 Å². The zero-order valence-electron chi connectivity index (χ0n) is 20.4. The van der Waals surface area contributed by atoms with Gasteiger partial charge < -0.3 is 10.6 Å². The molecule has 0 bridgehead atoms. The molecule has 0 saturated carbocycles. The Morgan fingerprint density at radius 2 is 1.91 bits per heavy atom. The number of pyridine rings is 1. The monoisotopic (exact) mass is 457 g/mol. The SMILES string of the molecule is CC(C)n1c(=O)c2cnc(Nc3ccc4c(c3)CCNC4)nc2n1-c1cccc(C(C)(C)C)n1. The standard InChI is InChI=1S/C26H31N7O/c1-16(2)32-24(34)20-15-28-25(29-19-10-9-18-14-27-12-11-17(18)13-19)31-23(20)33(32)22-8-6-7-21(30-22)26(3,4)5/h6-10,13,15-16,27H,11-12,14H2,1-5H3,(H,28,29,31). The summed E-state index contributed by atoms with van der Waals surface area (Å²) in [4.78, 5) is 27.4. The number of anilines is 2. The van der Waals surface area contributed by atoms with Gasteiger partial charge in [0.25, 0.3) is 5.56 Å². The molecule has 5 rings (SSSR count). The van der Waals surface area contributed by atoms with Crippen molar-refractivity contribution in [2.45, 2.75) is 59.0 Å². The molecule has 1 aromatic carbocycles. The van der Waals surface area contributed by atoms with Crippen LogP contribution >= 0.6 is 0 Å². The van der Waals surface area contributed by atoms with Gasteiger partial charge in [0.05, 0.1) is 0 Å². The van der Waals surface area contributed by atoms with Gasteiger partial charge in [-0.1, -0.05) is 32.9 Å². The summed E-state index contributed by atoms with van der Waals surface area (Å²) in [6.45, 7) is 12.2. The molecule has 176 valence electrons. The van der Waals surface area contributed by atoms with Crippen molar-refractivity contribution >= 4 is 22.7 Å². The van der Waals surface area contributed by atoms with Crippen molar-refractivity contribution in [2.75, 3.05) is 11.9 Å². The Bertz CT molecular complexity index is 1430. The summed E-state index contributed by atoms with van der Waals surface area (Å²) in [6.07, 6.45) is 2.61. The third kappa shape index (κ3) is 3.98. The minimum Gasteiger partial charge on any atom is -0.324 e. The lowest BCUT2D eigenvalue weighted by molar-refractivity contribution is 0.469. The van der Waals surface area contributed by atoms with Crippen molar-refractivity contribution in [1.29, 1.82) is 0 Å². The highest BCUT2D eigenvalue weighted by Crippen LogP contribution is 2.25. The number of benzene rings is 1. The summed E-state index contributed by atoms with van der Waals surface area (Å²) in [5, 5.41) is 7.20. The maximum absolute atomic E-state index is 13.3. The summed E-state index contributed by atoms with van der Waals surface area (Å²) in [5.41, 5.74) is 4.83. The summed E-state index contributed by atoms with van der Waals surface area (Å²) in [6, 6.07) is 12.2. The molecule has 4 aromatic rings. The van der Waals surface area contributed by atoms with E-state index in [1.807, 2.05) is 42.8 Å². The van der Waals surface area contributed by atoms with Crippen LogP contribution in [-0.2, 0) is 18.4 Å². The number of aromatic nitrogens is 5. The minimum absolute atomic E-state index is 0.0764. The predicted molar refractivity (Wildman–Crippen MR) is 135 cm³/mol. The van der Waals surface area contributed by atoms with Crippen molar-refractivity contribution in [2.24, 2.45) is 0 Å². The summed E-state index contributed by atoms with van der Waals surface area (Å²) in [5.74, 6) is 1.11. The van der Waals surface area contributed by atoms with E-state index in [9.17, 15) is 4.79 Å². The van der Waals surface area contributed by atoms with Crippen LogP contribution in [0.2, 0.25) is 0 Å². The number of nitrogens with zero attached hydrogens (tertiary/aromatic N) is 5. The highest BCUT2D eigenvalue weighted by Gasteiger charge is 2.22. The van der Waals surface area contributed by atoms with E-state index in [4.69, 9.17) is 9.97 Å². The van der Waals surface area contributed by atoms with E-state index in [0.29, 0.717) is 22.8 Å². The molecule has 0 saturated heterocycles. The Labute approximate surface area is 199 Å². The smallest absolute Gasteiger partial charge is 0.278 e. The van der Waals surface area contributed by atoms with Gasteiger partial charge in [-0.2, -0.15) is 4.98 Å². The lowest BCUT2D eigenvalue weighted by Crippen LogP contribution is -2.25. The fourth-order valence-electron chi connectivity index (χ4n) is 4.39. The Morgan fingerprint density at radius 3 is 2.68 bits per heavy atom. The molecule has 3 aromatic heterocycles. The molecule has 8 nitrogen and oxygen atoms in total. The summed E-state index contributed by atoms with van der Waals surface area (Å²) >= 11 is 0. The summed E-state index contributed by atoms with van der Waals surface area (Å²) < 4.78 is 3.52. The number of nitrogens with one attached hydrogen (secondary N) is 2. The van der Waals surface area contributed by atoms with Crippen LogP contribution in [0.4, 0.5) is 11.6 Å². The molecular weight excluding hydrogens is 426 g/mol. The van der Waals surface area contributed by atoms with Gasteiger partial charge in [-0.15, -0.1) is 0 Å². The van der Waals surface area contributed by atoms with Gasteiger partial charge in [-0.3, -0.25) is 4.79 Å². The molecule has 34 heavy (non-hydrogen) atoms. The van der Waals surface area contributed by atoms with E-state index in [-0.39, 0.29) is 17.0 Å². The maximum Gasteiger partial charge on any atom is 0.278 e. The van der Waals surface area contributed by atoms with Gasteiger partial charge in [0.15, 0.2) is 11.5 Å². The molecule has 0 radical (unpaired) electrons. The fraction of sp³-hybridized carbons (Fsp3) is 0.385. The van der Waals surface area contributed by atoms with Crippen LogP contribution in [0.1, 0.15) is 57.5 Å². The lowest BCUT2D eigenvalue weighted by atomic mass is 9.92. The van der Waals surface area contributed by atoms with Crippen LogP contribution < -0.4 is 16.2 Å². The van der Waals surface area contributed by atoms with Crippen molar-refractivity contribution in [3.05, 3.63) is 69.8 Å². The van der Waals surface area contributed by atoms with Gasteiger partial charge >= 0.3 is 0 Å². The summed E-state index contributed by atoms with van der Waals surface area (Å²) in [7, 11) is 0. The fourth-order valence-corrected chi connectivity index (χ4v) is 4.39. The maximum atomic E-state index is 13.3. The van der Waals surface area contributed by atoms with Crippen LogP contribution in [0.15, 0.2) is 47.4 Å². The second-order valence-corrected chi connectivity index (χ2v) is 10.2. The topological polar surface area (TPSA) is 89.7 Å². The van der Waals surface area contributed by atoms with E-state index in [0.717, 1.165) is 30.9 Å². The average molecular weight is 458 g/mol. The first-order valence-corrected chi connectivity index (χ1v) is 11.8. The molecule has 1 aliphatic heterocycles. The van der Waals surface area contributed by atoms with Crippen molar-refractivity contribution in [3.8, 4) is 5.82 Å². The number of hydrogen-bond acceptors (Lipinski definition) is 6. The highest BCUT2D eigenvalue weighted by molar-refractivity contribution is 5.77. The van der Waals surface area contributed by atoms with Crippen molar-refractivity contribution in [1.82, 2.24) is 29.6 Å². The molecule has 0 aliphatic carbocycles. The van der Waals surface area contributed by atoms with E-state index >= 15 is 0 Å². The molecule has 0 atom stereocenters.